The molecule has 2 aromatic carbocycles. The van der Waals surface area contributed by atoms with Crippen molar-refractivity contribution in [1.29, 1.82) is 0 Å². The molecule has 28 heavy (non-hydrogen) atoms. The van der Waals surface area contributed by atoms with Gasteiger partial charge in [-0.3, -0.25) is 4.79 Å². The number of amides is 1. The van der Waals surface area contributed by atoms with Crippen molar-refractivity contribution in [3.8, 4) is 0 Å². The van der Waals surface area contributed by atoms with Gasteiger partial charge >= 0.3 is 0 Å². The van der Waals surface area contributed by atoms with E-state index in [1.807, 2.05) is 12.1 Å². The summed E-state index contributed by atoms with van der Waals surface area (Å²) in [6, 6.07) is 16.3. The van der Waals surface area contributed by atoms with Gasteiger partial charge in [0.1, 0.15) is 6.61 Å². The summed E-state index contributed by atoms with van der Waals surface area (Å²) in [5, 5.41) is 9.30. The lowest BCUT2D eigenvalue weighted by Crippen LogP contribution is -2.48. The zero-order valence-corrected chi connectivity index (χ0v) is 15.9. The summed E-state index contributed by atoms with van der Waals surface area (Å²) in [5.41, 5.74) is 1.77. The molecule has 1 saturated heterocycles. The summed E-state index contributed by atoms with van der Waals surface area (Å²) in [4.78, 5) is 12.0. The number of carbonyl (C=O) groups is 1. The lowest BCUT2D eigenvalue weighted by atomic mass is 9.89. The van der Waals surface area contributed by atoms with Crippen molar-refractivity contribution >= 4 is 16.7 Å². The third kappa shape index (κ3) is 4.58. The van der Waals surface area contributed by atoms with Crippen LogP contribution in [0.1, 0.15) is 23.9 Å². The van der Waals surface area contributed by atoms with Gasteiger partial charge in [0.15, 0.2) is 5.76 Å². The van der Waals surface area contributed by atoms with E-state index in [4.69, 9.17) is 14.0 Å². The maximum absolute atomic E-state index is 12.0. The number of nitrogens with zero attached hydrogens (tertiary/aromatic N) is 1. The van der Waals surface area contributed by atoms with E-state index in [1.165, 1.54) is 10.8 Å². The van der Waals surface area contributed by atoms with Crippen molar-refractivity contribution in [2.75, 3.05) is 19.8 Å². The number of aromatic nitrogens is 1. The van der Waals surface area contributed by atoms with Crippen LogP contribution in [0.25, 0.3) is 10.8 Å². The lowest BCUT2D eigenvalue weighted by Gasteiger charge is -2.37. The minimum absolute atomic E-state index is 0.0568. The van der Waals surface area contributed by atoms with Crippen LogP contribution in [0, 0.1) is 5.41 Å². The van der Waals surface area contributed by atoms with Crippen molar-refractivity contribution in [3.05, 3.63) is 65.5 Å². The third-order valence-corrected chi connectivity index (χ3v) is 4.89. The Hall–Kier alpha value is -2.70. The first-order valence-corrected chi connectivity index (χ1v) is 9.44. The average molecular weight is 380 g/mol. The monoisotopic (exact) mass is 380 g/mol. The highest BCUT2D eigenvalue weighted by Gasteiger charge is 2.33. The molecule has 0 saturated carbocycles. The second-order valence-electron chi connectivity index (χ2n) is 7.72. The second kappa shape index (κ2) is 8.12. The lowest BCUT2D eigenvalue weighted by molar-refractivity contribution is -0.126. The molecule has 1 fully saturated rings. The standard InChI is InChI=1S/C22H24N2O4/c1-22(14-27-15-22)13-23-21(25)10-19-9-20(28-24-19)12-26-11-16-6-7-17-4-2-3-5-18(17)8-16/h2-9H,10-15H2,1H3,(H,23,25). The van der Waals surface area contributed by atoms with Gasteiger partial charge in [-0.2, -0.15) is 0 Å². The van der Waals surface area contributed by atoms with Gasteiger partial charge in [0.2, 0.25) is 5.91 Å². The molecular formula is C22H24N2O4. The third-order valence-electron chi connectivity index (χ3n) is 4.89. The molecule has 0 spiro atoms. The zero-order valence-electron chi connectivity index (χ0n) is 15.9. The summed E-state index contributed by atoms with van der Waals surface area (Å²) < 4.78 is 16.2. The molecule has 6 heteroatoms. The molecule has 146 valence electrons. The van der Waals surface area contributed by atoms with E-state index in [0.717, 1.165) is 5.56 Å². The maximum atomic E-state index is 12.0. The Morgan fingerprint density at radius 2 is 1.96 bits per heavy atom. The quantitative estimate of drug-likeness (QED) is 0.649. The molecule has 4 rings (SSSR count). The van der Waals surface area contributed by atoms with Crippen molar-refractivity contribution in [1.82, 2.24) is 10.5 Å². The molecular weight excluding hydrogens is 356 g/mol. The van der Waals surface area contributed by atoms with Crippen LogP contribution in [-0.2, 0) is 33.9 Å². The molecule has 0 bridgehead atoms. The Kier molecular flexibility index (Phi) is 5.41. The number of carbonyl (C=O) groups excluding carboxylic acids is 1. The van der Waals surface area contributed by atoms with E-state index in [0.29, 0.717) is 44.4 Å². The first kappa shape index (κ1) is 18.7. The summed E-state index contributed by atoms with van der Waals surface area (Å²) in [6.45, 7) is 4.90. The van der Waals surface area contributed by atoms with Gasteiger partial charge in [-0.25, -0.2) is 0 Å². The van der Waals surface area contributed by atoms with Gasteiger partial charge in [0.25, 0.3) is 0 Å². The number of fused-ring (bicyclic) bond motifs is 1. The predicted molar refractivity (Wildman–Crippen MR) is 105 cm³/mol. The van der Waals surface area contributed by atoms with Crippen LogP contribution in [0.15, 0.2) is 53.1 Å². The molecule has 1 N–H and O–H groups in total. The second-order valence-corrected chi connectivity index (χ2v) is 7.72. The average Bonchev–Trinajstić information content (AvgIpc) is 3.12. The van der Waals surface area contributed by atoms with Crippen LogP contribution in [0.4, 0.5) is 0 Å². The van der Waals surface area contributed by atoms with E-state index in [9.17, 15) is 4.79 Å². The predicted octanol–water partition coefficient (Wildman–Crippen LogP) is 3.24. The Morgan fingerprint density at radius 3 is 2.75 bits per heavy atom. The van der Waals surface area contributed by atoms with Gasteiger partial charge < -0.3 is 19.3 Å². The smallest absolute Gasteiger partial charge is 0.226 e. The Labute approximate surface area is 163 Å². The van der Waals surface area contributed by atoms with Gasteiger partial charge in [0, 0.05) is 18.0 Å². The van der Waals surface area contributed by atoms with Crippen LogP contribution in [0.5, 0.6) is 0 Å². The SMILES string of the molecule is CC1(CNC(=O)Cc2cc(COCc3ccc4ccccc4c3)on2)COC1. The highest BCUT2D eigenvalue weighted by Crippen LogP contribution is 2.25. The van der Waals surface area contributed by atoms with Gasteiger partial charge in [-0.1, -0.05) is 48.5 Å². The van der Waals surface area contributed by atoms with E-state index in [-0.39, 0.29) is 17.7 Å². The largest absolute Gasteiger partial charge is 0.380 e. The van der Waals surface area contributed by atoms with Crippen LogP contribution >= 0.6 is 0 Å². The maximum Gasteiger partial charge on any atom is 0.226 e. The summed E-state index contributed by atoms with van der Waals surface area (Å²) in [6.07, 6.45) is 0.200. The van der Waals surface area contributed by atoms with Crippen molar-refractivity contribution in [2.24, 2.45) is 5.41 Å². The van der Waals surface area contributed by atoms with Crippen LogP contribution in [0.3, 0.4) is 0 Å². The molecule has 1 aliphatic rings. The van der Waals surface area contributed by atoms with Crippen molar-refractivity contribution in [2.45, 2.75) is 26.6 Å². The number of hydrogen-bond acceptors (Lipinski definition) is 5. The zero-order chi connectivity index (χ0) is 19.4. The number of hydrogen-bond donors (Lipinski definition) is 1. The molecule has 3 aromatic rings. The number of nitrogens with one attached hydrogen (secondary N) is 1. The van der Waals surface area contributed by atoms with Crippen molar-refractivity contribution < 1.29 is 18.8 Å². The minimum Gasteiger partial charge on any atom is -0.380 e. The van der Waals surface area contributed by atoms with E-state index in [1.54, 1.807) is 6.07 Å². The molecule has 2 heterocycles. The summed E-state index contributed by atoms with van der Waals surface area (Å²) >= 11 is 0. The molecule has 0 radical (unpaired) electrons. The summed E-state index contributed by atoms with van der Waals surface area (Å²) in [5.74, 6) is 0.549. The number of ether oxygens (including phenoxy) is 2. The highest BCUT2D eigenvalue weighted by atomic mass is 16.5. The van der Waals surface area contributed by atoms with Gasteiger partial charge in [-0.15, -0.1) is 0 Å². The van der Waals surface area contributed by atoms with Crippen LogP contribution in [-0.4, -0.2) is 30.8 Å². The molecule has 1 aliphatic heterocycles. The Morgan fingerprint density at radius 1 is 1.14 bits per heavy atom. The Balaban J connectivity index is 1.23. The highest BCUT2D eigenvalue weighted by molar-refractivity contribution is 5.83. The Bertz CT molecular complexity index is 962. The van der Waals surface area contributed by atoms with Crippen molar-refractivity contribution in [3.63, 3.8) is 0 Å². The molecule has 0 aliphatic carbocycles. The molecule has 1 aromatic heterocycles. The van der Waals surface area contributed by atoms with Crippen LogP contribution in [0.2, 0.25) is 0 Å². The minimum atomic E-state index is -0.0648. The topological polar surface area (TPSA) is 73.6 Å². The fourth-order valence-electron chi connectivity index (χ4n) is 3.20. The van der Waals surface area contributed by atoms with Gasteiger partial charge in [-0.05, 0) is 22.4 Å². The first-order valence-electron chi connectivity index (χ1n) is 9.44. The fraction of sp³-hybridized carbons (Fsp3) is 0.364. The van der Waals surface area contributed by atoms with E-state index >= 15 is 0 Å². The molecule has 0 unspecified atom stereocenters. The summed E-state index contributed by atoms with van der Waals surface area (Å²) in [7, 11) is 0. The number of rotatable bonds is 8. The molecule has 0 atom stereocenters. The molecule has 6 nitrogen and oxygen atoms in total. The van der Waals surface area contributed by atoms with E-state index < -0.39 is 0 Å². The fourth-order valence-corrected chi connectivity index (χ4v) is 3.20. The van der Waals surface area contributed by atoms with E-state index in [2.05, 4.69) is 47.7 Å². The normalized spacial score (nSPS) is 15.3. The van der Waals surface area contributed by atoms with Gasteiger partial charge in [0.05, 0.1) is 31.9 Å². The van der Waals surface area contributed by atoms with Crippen LogP contribution < -0.4 is 5.32 Å². The number of benzene rings is 2. The first-order chi connectivity index (χ1) is 13.6. The molecule has 1 amide bonds.